The van der Waals surface area contributed by atoms with Gasteiger partial charge >= 0.3 is 0 Å². The molecule has 1 aromatic carbocycles. The molecular formula is C20H18ClN5OS. The van der Waals surface area contributed by atoms with Gasteiger partial charge in [-0.3, -0.25) is 4.79 Å². The smallest absolute Gasteiger partial charge is 0.267 e. The van der Waals surface area contributed by atoms with E-state index in [-0.39, 0.29) is 5.91 Å². The highest BCUT2D eigenvalue weighted by Gasteiger charge is 2.20. The van der Waals surface area contributed by atoms with Crippen LogP contribution >= 0.6 is 22.9 Å². The van der Waals surface area contributed by atoms with Gasteiger partial charge in [0.2, 0.25) is 0 Å². The minimum Gasteiger partial charge on any atom is -0.306 e. The van der Waals surface area contributed by atoms with E-state index in [1.54, 1.807) is 16.8 Å². The molecule has 0 unspecified atom stereocenters. The molecule has 0 aliphatic heterocycles. The number of aromatic nitrogens is 4. The average molecular weight is 412 g/mol. The lowest BCUT2D eigenvalue weighted by atomic mass is 10.1. The number of thiophene rings is 1. The summed E-state index contributed by atoms with van der Waals surface area (Å²) in [6.07, 6.45) is 0. The van der Waals surface area contributed by atoms with Gasteiger partial charge in [-0.25, -0.2) is 14.6 Å². The first-order chi connectivity index (χ1) is 13.3. The topological polar surface area (TPSA) is 72.7 Å². The summed E-state index contributed by atoms with van der Waals surface area (Å²) < 4.78 is 1.68. The number of nitrogens with one attached hydrogen (secondary N) is 1. The number of hydrogen-bond acceptors (Lipinski definition) is 5. The van der Waals surface area contributed by atoms with E-state index in [0.29, 0.717) is 21.5 Å². The maximum Gasteiger partial charge on any atom is 0.267 e. The Morgan fingerprint density at radius 2 is 1.93 bits per heavy atom. The molecule has 4 rings (SSSR count). The highest BCUT2D eigenvalue weighted by molar-refractivity contribution is 7.20. The Bertz CT molecular complexity index is 1230. The summed E-state index contributed by atoms with van der Waals surface area (Å²) in [6.45, 7) is 7.60. The zero-order valence-corrected chi connectivity index (χ0v) is 17.4. The molecule has 0 fully saturated rings. The fourth-order valence-electron chi connectivity index (χ4n) is 3.26. The van der Waals surface area contributed by atoms with Crippen LogP contribution in [0.15, 0.2) is 30.3 Å². The molecule has 142 valence electrons. The van der Waals surface area contributed by atoms with Gasteiger partial charge < -0.3 is 5.32 Å². The Morgan fingerprint density at radius 3 is 2.68 bits per heavy atom. The van der Waals surface area contributed by atoms with Gasteiger partial charge in [-0.2, -0.15) is 5.10 Å². The Labute approximate surface area is 171 Å². The van der Waals surface area contributed by atoms with Crippen molar-refractivity contribution in [2.75, 3.05) is 5.32 Å². The number of anilines is 1. The number of rotatable bonds is 3. The van der Waals surface area contributed by atoms with Crippen molar-refractivity contribution >= 4 is 44.9 Å². The largest absolute Gasteiger partial charge is 0.306 e. The first kappa shape index (κ1) is 18.6. The number of aryl methyl sites for hydroxylation is 4. The number of carbonyl (C=O) groups is 1. The van der Waals surface area contributed by atoms with Crippen molar-refractivity contribution in [3.05, 3.63) is 63.0 Å². The molecule has 0 aliphatic rings. The standard InChI is InChI=1S/C20H18ClN5OS/c1-10-8-16(26(25-10)15-7-5-6-14(21)9-15)24-19(27)18-11(2)17-12(3)22-13(4)23-20(17)28-18/h5-9H,1-4H3,(H,24,27). The van der Waals surface area contributed by atoms with E-state index < -0.39 is 0 Å². The lowest BCUT2D eigenvalue weighted by molar-refractivity contribution is 0.102. The Hall–Kier alpha value is -2.77. The fraction of sp³-hybridized carbons (Fsp3) is 0.200. The highest BCUT2D eigenvalue weighted by Crippen LogP contribution is 2.32. The maximum absolute atomic E-state index is 13.0. The lowest BCUT2D eigenvalue weighted by Crippen LogP contribution is -2.14. The highest BCUT2D eigenvalue weighted by atomic mass is 35.5. The third kappa shape index (κ3) is 3.27. The summed E-state index contributed by atoms with van der Waals surface area (Å²) in [6, 6.07) is 9.17. The molecule has 0 radical (unpaired) electrons. The summed E-state index contributed by atoms with van der Waals surface area (Å²) in [5, 5.41) is 9.02. The zero-order valence-electron chi connectivity index (χ0n) is 15.9. The number of carbonyl (C=O) groups excluding carboxylic acids is 1. The molecule has 0 bridgehead atoms. The van der Waals surface area contributed by atoms with Crippen LogP contribution in [-0.2, 0) is 0 Å². The average Bonchev–Trinajstić information content (AvgIpc) is 3.14. The van der Waals surface area contributed by atoms with E-state index in [2.05, 4.69) is 20.4 Å². The van der Waals surface area contributed by atoms with Crippen molar-refractivity contribution < 1.29 is 4.79 Å². The van der Waals surface area contributed by atoms with Crippen LogP contribution in [0.1, 0.15) is 32.4 Å². The van der Waals surface area contributed by atoms with Gasteiger partial charge in [0.25, 0.3) is 5.91 Å². The van der Waals surface area contributed by atoms with Crippen LogP contribution in [0.5, 0.6) is 0 Å². The predicted molar refractivity (Wildman–Crippen MR) is 113 cm³/mol. The minimum absolute atomic E-state index is 0.194. The monoisotopic (exact) mass is 411 g/mol. The van der Waals surface area contributed by atoms with Crippen LogP contribution in [0.4, 0.5) is 5.82 Å². The fourth-order valence-corrected chi connectivity index (χ4v) is 4.61. The normalized spacial score (nSPS) is 11.2. The van der Waals surface area contributed by atoms with Crippen molar-refractivity contribution in [1.29, 1.82) is 0 Å². The number of halogens is 1. The van der Waals surface area contributed by atoms with E-state index >= 15 is 0 Å². The van der Waals surface area contributed by atoms with Crippen molar-refractivity contribution in [3.63, 3.8) is 0 Å². The molecule has 4 aromatic rings. The number of amides is 1. The molecule has 6 nitrogen and oxygen atoms in total. The van der Waals surface area contributed by atoms with E-state index in [0.717, 1.165) is 32.9 Å². The second-order valence-corrected chi connectivity index (χ2v) is 8.04. The third-order valence-corrected chi connectivity index (χ3v) is 5.83. The summed E-state index contributed by atoms with van der Waals surface area (Å²) in [7, 11) is 0. The molecule has 1 N–H and O–H groups in total. The summed E-state index contributed by atoms with van der Waals surface area (Å²) in [4.78, 5) is 23.4. The SMILES string of the molecule is Cc1cc(NC(=O)c2sc3nc(C)nc(C)c3c2C)n(-c2cccc(Cl)c2)n1. The van der Waals surface area contributed by atoms with Crippen molar-refractivity contribution in [2.45, 2.75) is 27.7 Å². The quantitative estimate of drug-likeness (QED) is 0.514. The lowest BCUT2D eigenvalue weighted by Gasteiger charge is -2.09. The minimum atomic E-state index is -0.194. The van der Waals surface area contributed by atoms with E-state index in [9.17, 15) is 4.79 Å². The number of hydrogen-bond donors (Lipinski definition) is 1. The summed E-state index contributed by atoms with van der Waals surface area (Å²) >= 11 is 7.49. The second kappa shape index (κ2) is 7.00. The van der Waals surface area contributed by atoms with Gasteiger partial charge in [-0.15, -0.1) is 11.3 Å². The van der Waals surface area contributed by atoms with Crippen LogP contribution in [0.3, 0.4) is 0 Å². The van der Waals surface area contributed by atoms with Crippen molar-refractivity contribution in [1.82, 2.24) is 19.7 Å². The van der Waals surface area contributed by atoms with Gasteiger partial charge in [0, 0.05) is 22.2 Å². The van der Waals surface area contributed by atoms with Crippen LogP contribution in [0.25, 0.3) is 15.9 Å². The number of benzene rings is 1. The first-order valence-corrected chi connectivity index (χ1v) is 9.91. The van der Waals surface area contributed by atoms with Crippen molar-refractivity contribution in [3.8, 4) is 5.69 Å². The van der Waals surface area contributed by atoms with Crippen LogP contribution in [0.2, 0.25) is 5.02 Å². The summed E-state index contributed by atoms with van der Waals surface area (Å²) in [5.41, 5.74) is 3.35. The third-order valence-electron chi connectivity index (χ3n) is 4.41. The molecule has 8 heteroatoms. The molecule has 1 amide bonds. The van der Waals surface area contributed by atoms with E-state index in [4.69, 9.17) is 11.6 Å². The molecular weight excluding hydrogens is 394 g/mol. The number of nitrogens with zero attached hydrogens (tertiary/aromatic N) is 4. The van der Waals surface area contributed by atoms with Gasteiger partial charge in [0.05, 0.1) is 16.3 Å². The number of fused-ring (bicyclic) bond motifs is 1. The van der Waals surface area contributed by atoms with Gasteiger partial charge in [-0.1, -0.05) is 17.7 Å². The van der Waals surface area contributed by atoms with Gasteiger partial charge in [-0.05, 0) is 51.5 Å². The molecule has 0 saturated heterocycles. The second-order valence-electron chi connectivity index (χ2n) is 6.61. The Morgan fingerprint density at radius 1 is 1.14 bits per heavy atom. The molecule has 0 atom stereocenters. The summed E-state index contributed by atoms with van der Waals surface area (Å²) in [5.74, 6) is 1.09. The van der Waals surface area contributed by atoms with E-state index in [1.807, 2.05) is 45.9 Å². The van der Waals surface area contributed by atoms with Crippen LogP contribution in [-0.4, -0.2) is 25.7 Å². The van der Waals surface area contributed by atoms with E-state index in [1.165, 1.54) is 11.3 Å². The van der Waals surface area contributed by atoms with Gasteiger partial charge in [0.15, 0.2) is 0 Å². The molecule has 0 spiro atoms. The maximum atomic E-state index is 13.0. The molecule has 3 heterocycles. The van der Waals surface area contributed by atoms with Gasteiger partial charge in [0.1, 0.15) is 16.5 Å². The Kier molecular flexibility index (Phi) is 4.64. The molecule has 28 heavy (non-hydrogen) atoms. The van der Waals surface area contributed by atoms with Crippen LogP contribution in [0, 0.1) is 27.7 Å². The van der Waals surface area contributed by atoms with Crippen molar-refractivity contribution in [2.24, 2.45) is 0 Å². The molecule has 3 aromatic heterocycles. The van der Waals surface area contributed by atoms with Crippen LogP contribution < -0.4 is 5.32 Å². The zero-order chi connectivity index (χ0) is 20.0. The predicted octanol–water partition coefficient (Wildman–Crippen LogP) is 5.02. The molecule has 0 aliphatic carbocycles. The molecule has 0 saturated carbocycles. The first-order valence-electron chi connectivity index (χ1n) is 8.72. The Balaban J connectivity index is 1.73.